The minimum Gasteiger partial charge on any atom is -0.371 e. The van der Waals surface area contributed by atoms with E-state index in [1.807, 2.05) is 0 Å². The van der Waals surface area contributed by atoms with Gasteiger partial charge in [-0.3, -0.25) is 0 Å². The molecule has 0 spiro atoms. The maximum atomic E-state index is 6.19. The summed E-state index contributed by atoms with van der Waals surface area (Å²) >= 11 is 0. The maximum absolute atomic E-state index is 6.19. The molecule has 0 aromatic carbocycles. The predicted molar refractivity (Wildman–Crippen MR) is 63.1 cm³/mol. The van der Waals surface area contributed by atoms with E-state index < -0.39 is 0 Å². The molecule has 0 bridgehead atoms. The van der Waals surface area contributed by atoms with E-state index in [9.17, 15) is 0 Å². The highest BCUT2D eigenvalue weighted by atomic mass is 16.5. The van der Waals surface area contributed by atoms with Gasteiger partial charge in [-0.25, -0.2) is 0 Å². The van der Waals surface area contributed by atoms with Crippen LogP contribution < -0.4 is 5.32 Å². The topological polar surface area (TPSA) is 21.3 Å². The van der Waals surface area contributed by atoms with E-state index >= 15 is 0 Å². The van der Waals surface area contributed by atoms with Crippen molar-refractivity contribution in [1.29, 1.82) is 0 Å². The first-order valence-electron chi connectivity index (χ1n) is 6.61. The van der Waals surface area contributed by atoms with Crippen molar-refractivity contribution in [3.05, 3.63) is 0 Å². The average molecular weight is 211 g/mol. The maximum Gasteiger partial charge on any atom is 0.0809 e. The summed E-state index contributed by atoms with van der Waals surface area (Å²) in [7, 11) is 0. The summed E-state index contributed by atoms with van der Waals surface area (Å²) in [5, 5.41) is 3.65. The lowest BCUT2D eigenvalue weighted by Crippen LogP contribution is -2.46. The molecule has 0 aliphatic heterocycles. The van der Waals surface area contributed by atoms with Crippen LogP contribution in [-0.2, 0) is 4.74 Å². The van der Waals surface area contributed by atoms with Crippen molar-refractivity contribution in [3.63, 3.8) is 0 Å². The number of hydrogen-bond acceptors (Lipinski definition) is 2. The molecule has 88 valence electrons. The van der Waals surface area contributed by atoms with Gasteiger partial charge in [0, 0.05) is 12.6 Å². The summed E-state index contributed by atoms with van der Waals surface area (Å²) in [5.41, 5.74) is 0.162. The number of rotatable bonds is 5. The van der Waals surface area contributed by atoms with Crippen molar-refractivity contribution in [2.24, 2.45) is 0 Å². The molecule has 0 radical (unpaired) electrons. The number of hydrogen-bond donors (Lipinski definition) is 1. The molecule has 0 aromatic rings. The van der Waals surface area contributed by atoms with E-state index in [0.29, 0.717) is 6.10 Å². The first-order valence-corrected chi connectivity index (χ1v) is 6.61. The van der Waals surface area contributed by atoms with Gasteiger partial charge in [-0.05, 0) is 39.5 Å². The minimum absolute atomic E-state index is 0.162. The first-order chi connectivity index (χ1) is 7.20. The normalized spacial score (nSPS) is 25.8. The molecule has 2 aliphatic rings. The lowest BCUT2D eigenvalue weighted by molar-refractivity contribution is -0.0992. The second-order valence-corrected chi connectivity index (χ2v) is 5.57. The average Bonchev–Trinajstić information content (AvgIpc) is 2.99. The molecule has 2 saturated carbocycles. The van der Waals surface area contributed by atoms with E-state index in [1.54, 1.807) is 0 Å². The van der Waals surface area contributed by atoms with Crippen LogP contribution in [0.3, 0.4) is 0 Å². The summed E-state index contributed by atoms with van der Waals surface area (Å²) in [5.74, 6) is 0. The van der Waals surface area contributed by atoms with Gasteiger partial charge in [-0.2, -0.15) is 0 Å². The molecular weight excluding hydrogens is 186 g/mol. The van der Waals surface area contributed by atoms with Crippen molar-refractivity contribution in [1.82, 2.24) is 5.32 Å². The Morgan fingerprint density at radius 1 is 1.20 bits per heavy atom. The van der Waals surface area contributed by atoms with Crippen molar-refractivity contribution >= 4 is 0 Å². The zero-order valence-corrected chi connectivity index (χ0v) is 10.2. The van der Waals surface area contributed by atoms with E-state index in [2.05, 4.69) is 19.2 Å². The van der Waals surface area contributed by atoms with Crippen LogP contribution in [0.1, 0.15) is 58.8 Å². The Kier molecular flexibility index (Phi) is 3.68. The van der Waals surface area contributed by atoms with Gasteiger partial charge in [-0.15, -0.1) is 0 Å². The van der Waals surface area contributed by atoms with Crippen LogP contribution in [0.5, 0.6) is 0 Å². The summed E-state index contributed by atoms with van der Waals surface area (Å²) in [6.07, 6.45) is 9.71. The Labute approximate surface area is 93.8 Å². The smallest absolute Gasteiger partial charge is 0.0809 e. The molecule has 2 heteroatoms. The van der Waals surface area contributed by atoms with Gasteiger partial charge in [0.2, 0.25) is 0 Å². The molecule has 0 aromatic heterocycles. The Morgan fingerprint density at radius 2 is 1.87 bits per heavy atom. The third-order valence-corrected chi connectivity index (χ3v) is 3.54. The van der Waals surface area contributed by atoms with Gasteiger partial charge in [0.15, 0.2) is 0 Å². The molecule has 0 atom stereocenters. The molecule has 2 aliphatic carbocycles. The number of ether oxygens (including phenoxy) is 1. The van der Waals surface area contributed by atoms with Crippen LogP contribution in [0.15, 0.2) is 0 Å². The summed E-state index contributed by atoms with van der Waals surface area (Å²) in [4.78, 5) is 0. The first kappa shape index (κ1) is 11.4. The lowest BCUT2D eigenvalue weighted by atomic mass is 9.84. The Morgan fingerprint density at radius 3 is 2.40 bits per heavy atom. The highest BCUT2D eigenvalue weighted by molar-refractivity contribution is 4.91. The monoisotopic (exact) mass is 211 g/mol. The lowest BCUT2D eigenvalue weighted by Gasteiger charge is -2.39. The van der Waals surface area contributed by atoms with E-state index in [-0.39, 0.29) is 5.60 Å². The largest absolute Gasteiger partial charge is 0.371 e. The highest BCUT2D eigenvalue weighted by Gasteiger charge is 2.35. The molecule has 2 nitrogen and oxygen atoms in total. The standard InChI is InChI=1S/C13H25NO/c1-11(2)15-13(8-4-3-5-9-13)10-14-12-6-7-12/h11-12,14H,3-10H2,1-2H3. The molecule has 2 fully saturated rings. The fourth-order valence-corrected chi connectivity index (χ4v) is 2.65. The quantitative estimate of drug-likeness (QED) is 0.755. The third kappa shape index (κ3) is 3.46. The zero-order chi connectivity index (χ0) is 10.7. The SMILES string of the molecule is CC(C)OC1(CNC2CC2)CCCCC1. The highest BCUT2D eigenvalue weighted by Crippen LogP contribution is 2.33. The minimum atomic E-state index is 0.162. The molecule has 15 heavy (non-hydrogen) atoms. The number of nitrogens with one attached hydrogen (secondary N) is 1. The van der Waals surface area contributed by atoms with E-state index in [1.165, 1.54) is 44.9 Å². The van der Waals surface area contributed by atoms with Crippen molar-refractivity contribution in [2.75, 3.05) is 6.54 Å². The van der Waals surface area contributed by atoms with Crippen LogP contribution in [0.25, 0.3) is 0 Å². The van der Waals surface area contributed by atoms with Gasteiger partial charge in [-0.1, -0.05) is 19.3 Å². The van der Waals surface area contributed by atoms with Crippen molar-refractivity contribution in [3.8, 4) is 0 Å². The fourth-order valence-electron chi connectivity index (χ4n) is 2.65. The second kappa shape index (κ2) is 4.84. The molecular formula is C13H25NO. The van der Waals surface area contributed by atoms with E-state index in [4.69, 9.17) is 4.74 Å². The second-order valence-electron chi connectivity index (χ2n) is 5.57. The third-order valence-electron chi connectivity index (χ3n) is 3.54. The van der Waals surface area contributed by atoms with Crippen molar-refractivity contribution in [2.45, 2.75) is 76.5 Å². The molecule has 0 saturated heterocycles. The molecule has 0 heterocycles. The molecule has 2 rings (SSSR count). The molecule has 0 amide bonds. The van der Waals surface area contributed by atoms with Gasteiger partial charge in [0.05, 0.1) is 11.7 Å². The van der Waals surface area contributed by atoms with Crippen LogP contribution >= 0.6 is 0 Å². The Bertz CT molecular complexity index is 193. The summed E-state index contributed by atoms with van der Waals surface area (Å²) in [6.45, 7) is 5.40. The Balaban J connectivity index is 1.86. The molecule has 1 N–H and O–H groups in total. The zero-order valence-electron chi connectivity index (χ0n) is 10.2. The Hall–Kier alpha value is -0.0800. The molecule has 0 unspecified atom stereocenters. The predicted octanol–water partition coefficient (Wildman–Crippen LogP) is 2.87. The van der Waals surface area contributed by atoms with Gasteiger partial charge < -0.3 is 10.1 Å². The van der Waals surface area contributed by atoms with Crippen LogP contribution in [0.2, 0.25) is 0 Å². The van der Waals surface area contributed by atoms with E-state index in [0.717, 1.165) is 12.6 Å². The van der Waals surface area contributed by atoms with Crippen LogP contribution in [0, 0.1) is 0 Å². The van der Waals surface area contributed by atoms with Gasteiger partial charge >= 0.3 is 0 Å². The summed E-state index contributed by atoms with van der Waals surface area (Å²) < 4.78 is 6.19. The fraction of sp³-hybridized carbons (Fsp3) is 1.00. The van der Waals surface area contributed by atoms with Crippen LogP contribution in [0.4, 0.5) is 0 Å². The van der Waals surface area contributed by atoms with Gasteiger partial charge in [0.1, 0.15) is 0 Å². The van der Waals surface area contributed by atoms with Crippen molar-refractivity contribution < 1.29 is 4.74 Å². The van der Waals surface area contributed by atoms with Crippen LogP contribution in [-0.4, -0.2) is 24.3 Å². The summed E-state index contributed by atoms with van der Waals surface area (Å²) in [6, 6.07) is 0.805. The van der Waals surface area contributed by atoms with Gasteiger partial charge in [0.25, 0.3) is 0 Å².